The highest BCUT2D eigenvalue weighted by atomic mass is 16.3. The molecule has 0 aliphatic heterocycles. The summed E-state index contributed by atoms with van der Waals surface area (Å²) < 4.78 is 6.15. The lowest BCUT2D eigenvalue weighted by Gasteiger charge is -2.23. The van der Waals surface area contributed by atoms with Crippen LogP contribution in [0.2, 0.25) is 0 Å². The molecule has 1 N–H and O–H groups in total. The molecule has 0 atom stereocenters. The standard InChI is InChI=1S/C9H16NO.H2O/c1-8-9(5-6-11-8)7-10(2,3)4;/h5-6H,7H2,1-4H3;1H2/q+1;/p-1. The summed E-state index contributed by atoms with van der Waals surface area (Å²) in [5.74, 6) is 1.04. The first-order valence-electron chi connectivity index (χ1n) is 3.82. The highest BCUT2D eigenvalue weighted by Gasteiger charge is 2.11. The average Bonchev–Trinajstić information content (AvgIpc) is 2.12. The largest absolute Gasteiger partial charge is 0.870 e. The zero-order valence-electron chi connectivity index (χ0n) is 8.16. The predicted octanol–water partition coefficient (Wildman–Crippen LogP) is 1.62. The summed E-state index contributed by atoms with van der Waals surface area (Å²) >= 11 is 0. The van der Waals surface area contributed by atoms with Crippen LogP contribution in [-0.4, -0.2) is 31.1 Å². The van der Waals surface area contributed by atoms with E-state index in [2.05, 4.69) is 21.1 Å². The van der Waals surface area contributed by atoms with Crippen LogP contribution < -0.4 is 0 Å². The molecule has 0 aliphatic carbocycles. The molecule has 0 spiro atoms. The van der Waals surface area contributed by atoms with E-state index < -0.39 is 0 Å². The molecule has 70 valence electrons. The third-order valence-corrected chi connectivity index (χ3v) is 1.61. The van der Waals surface area contributed by atoms with E-state index in [0.29, 0.717) is 0 Å². The fraction of sp³-hybridized carbons (Fsp3) is 0.556. The third-order valence-electron chi connectivity index (χ3n) is 1.61. The molecule has 0 fully saturated rings. The molecule has 12 heavy (non-hydrogen) atoms. The monoisotopic (exact) mass is 171 g/mol. The van der Waals surface area contributed by atoms with Gasteiger partial charge < -0.3 is 14.4 Å². The predicted molar refractivity (Wildman–Crippen MR) is 47.1 cm³/mol. The van der Waals surface area contributed by atoms with E-state index in [0.717, 1.165) is 16.8 Å². The van der Waals surface area contributed by atoms with Crippen LogP contribution in [0.5, 0.6) is 0 Å². The van der Waals surface area contributed by atoms with Gasteiger partial charge in [0.1, 0.15) is 12.3 Å². The average molecular weight is 171 g/mol. The van der Waals surface area contributed by atoms with Crippen molar-refractivity contribution in [1.29, 1.82) is 0 Å². The van der Waals surface area contributed by atoms with Crippen molar-refractivity contribution in [3.05, 3.63) is 23.7 Å². The molecule has 0 aromatic carbocycles. The Morgan fingerprint density at radius 2 is 1.92 bits per heavy atom. The summed E-state index contributed by atoms with van der Waals surface area (Å²) in [4.78, 5) is 0. The normalized spacial score (nSPS) is 11.0. The second kappa shape index (κ2) is 3.74. The molecule has 0 saturated heterocycles. The molecule has 1 heterocycles. The van der Waals surface area contributed by atoms with E-state index in [1.54, 1.807) is 6.26 Å². The fourth-order valence-electron chi connectivity index (χ4n) is 1.09. The van der Waals surface area contributed by atoms with Crippen LogP contribution in [0.25, 0.3) is 0 Å². The molecule has 3 heteroatoms. The van der Waals surface area contributed by atoms with Gasteiger partial charge in [0.2, 0.25) is 0 Å². The van der Waals surface area contributed by atoms with Gasteiger partial charge in [-0.2, -0.15) is 0 Å². The summed E-state index contributed by atoms with van der Waals surface area (Å²) in [5, 5.41) is 0. The minimum atomic E-state index is 0. The Hall–Kier alpha value is -0.800. The number of nitrogens with zero attached hydrogens (tertiary/aromatic N) is 1. The number of furan rings is 1. The quantitative estimate of drug-likeness (QED) is 0.634. The van der Waals surface area contributed by atoms with E-state index in [4.69, 9.17) is 4.42 Å². The van der Waals surface area contributed by atoms with E-state index in [9.17, 15) is 0 Å². The van der Waals surface area contributed by atoms with E-state index in [-0.39, 0.29) is 5.48 Å². The lowest BCUT2D eigenvalue weighted by molar-refractivity contribution is -0.884. The highest BCUT2D eigenvalue weighted by molar-refractivity contribution is 5.13. The van der Waals surface area contributed by atoms with Crippen molar-refractivity contribution in [2.24, 2.45) is 0 Å². The Balaban J connectivity index is 0.00000121. The molecular formula is C9H17NO2. The minimum absolute atomic E-state index is 0. The summed E-state index contributed by atoms with van der Waals surface area (Å²) in [6, 6.07) is 2.04. The molecule has 1 rings (SSSR count). The van der Waals surface area contributed by atoms with Gasteiger partial charge in [0.15, 0.2) is 0 Å². The van der Waals surface area contributed by atoms with E-state index in [1.165, 1.54) is 5.56 Å². The summed E-state index contributed by atoms with van der Waals surface area (Å²) in [6.07, 6.45) is 1.75. The lowest BCUT2D eigenvalue weighted by atomic mass is 10.2. The van der Waals surface area contributed by atoms with Gasteiger partial charge in [-0.3, -0.25) is 0 Å². The lowest BCUT2D eigenvalue weighted by Crippen LogP contribution is -2.33. The van der Waals surface area contributed by atoms with Gasteiger partial charge in [-0.25, -0.2) is 0 Å². The number of hydrogen-bond donors (Lipinski definition) is 0. The van der Waals surface area contributed by atoms with Crippen molar-refractivity contribution in [2.75, 3.05) is 21.1 Å². The molecular weight excluding hydrogens is 154 g/mol. The van der Waals surface area contributed by atoms with Crippen LogP contribution in [0.3, 0.4) is 0 Å². The van der Waals surface area contributed by atoms with Gasteiger partial charge in [-0.15, -0.1) is 0 Å². The minimum Gasteiger partial charge on any atom is -0.870 e. The van der Waals surface area contributed by atoms with Gasteiger partial charge in [0.05, 0.1) is 27.4 Å². The number of rotatable bonds is 2. The first kappa shape index (κ1) is 11.2. The Kier molecular flexibility index (Phi) is 3.49. The van der Waals surface area contributed by atoms with Crippen molar-refractivity contribution in [2.45, 2.75) is 13.5 Å². The van der Waals surface area contributed by atoms with E-state index >= 15 is 0 Å². The number of aryl methyl sites for hydroxylation is 1. The maximum atomic E-state index is 5.20. The van der Waals surface area contributed by atoms with Gasteiger partial charge in [-0.05, 0) is 13.0 Å². The summed E-state index contributed by atoms with van der Waals surface area (Å²) in [6.45, 7) is 3.04. The molecule has 3 nitrogen and oxygen atoms in total. The molecule has 0 amide bonds. The Labute approximate surface area is 73.5 Å². The van der Waals surface area contributed by atoms with Crippen molar-refractivity contribution in [3.8, 4) is 0 Å². The maximum absolute atomic E-state index is 5.20. The van der Waals surface area contributed by atoms with Crippen LogP contribution in [0.1, 0.15) is 11.3 Å². The third kappa shape index (κ3) is 3.07. The van der Waals surface area contributed by atoms with Gasteiger partial charge in [0.25, 0.3) is 0 Å². The molecule has 0 radical (unpaired) electrons. The summed E-state index contributed by atoms with van der Waals surface area (Å²) in [5.41, 5.74) is 1.30. The van der Waals surface area contributed by atoms with Crippen LogP contribution in [0.4, 0.5) is 0 Å². The van der Waals surface area contributed by atoms with Gasteiger partial charge in [-0.1, -0.05) is 0 Å². The molecule has 1 aromatic heterocycles. The first-order valence-corrected chi connectivity index (χ1v) is 3.82. The first-order chi connectivity index (χ1) is 4.99. The van der Waals surface area contributed by atoms with Crippen molar-refractivity contribution in [3.63, 3.8) is 0 Å². The SMILES string of the molecule is Cc1occc1C[N+](C)(C)C.[OH-]. The maximum Gasteiger partial charge on any atom is 0.109 e. The highest BCUT2D eigenvalue weighted by Crippen LogP contribution is 2.12. The molecule has 0 aliphatic rings. The van der Waals surface area contributed by atoms with Crippen molar-refractivity contribution >= 4 is 0 Å². The summed E-state index contributed by atoms with van der Waals surface area (Å²) in [7, 11) is 6.52. The molecule has 0 bridgehead atoms. The zero-order chi connectivity index (χ0) is 8.48. The van der Waals surface area contributed by atoms with Crippen LogP contribution >= 0.6 is 0 Å². The van der Waals surface area contributed by atoms with Crippen molar-refractivity contribution in [1.82, 2.24) is 0 Å². The molecule has 1 aromatic rings. The fourth-order valence-corrected chi connectivity index (χ4v) is 1.09. The molecule has 0 saturated carbocycles. The van der Waals surface area contributed by atoms with Gasteiger partial charge >= 0.3 is 0 Å². The second-order valence-electron chi connectivity index (χ2n) is 3.95. The van der Waals surface area contributed by atoms with Crippen LogP contribution in [0, 0.1) is 6.92 Å². The van der Waals surface area contributed by atoms with Crippen LogP contribution in [0.15, 0.2) is 16.7 Å². The Morgan fingerprint density at radius 3 is 2.25 bits per heavy atom. The number of quaternary nitrogens is 1. The number of hydrogen-bond acceptors (Lipinski definition) is 2. The smallest absolute Gasteiger partial charge is 0.109 e. The Morgan fingerprint density at radius 1 is 1.33 bits per heavy atom. The zero-order valence-corrected chi connectivity index (χ0v) is 8.16. The second-order valence-corrected chi connectivity index (χ2v) is 3.95. The molecule has 0 unspecified atom stereocenters. The van der Waals surface area contributed by atoms with Crippen LogP contribution in [-0.2, 0) is 6.54 Å². The van der Waals surface area contributed by atoms with Gasteiger partial charge in [0, 0.05) is 5.56 Å². The van der Waals surface area contributed by atoms with E-state index in [1.807, 2.05) is 13.0 Å². The van der Waals surface area contributed by atoms with Crippen molar-refractivity contribution < 1.29 is 14.4 Å². The Bertz CT molecular complexity index is 235. The topological polar surface area (TPSA) is 43.1 Å².